The Morgan fingerprint density at radius 3 is 2.56 bits per heavy atom. The summed E-state index contributed by atoms with van der Waals surface area (Å²) in [5.74, 6) is -0.442. The summed E-state index contributed by atoms with van der Waals surface area (Å²) in [6.45, 7) is 3.91. The fourth-order valence-electron chi connectivity index (χ4n) is 3.22. The maximum atomic E-state index is 13.2. The summed E-state index contributed by atoms with van der Waals surface area (Å²) >= 11 is 0. The zero-order chi connectivity index (χ0) is 18.2. The molecule has 0 saturated carbocycles. The van der Waals surface area contributed by atoms with Crippen LogP contribution in [0, 0.1) is 19.7 Å². The molecule has 3 aromatic rings. The van der Waals surface area contributed by atoms with Gasteiger partial charge >= 0.3 is 0 Å². The van der Waals surface area contributed by atoms with Gasteiger partial charge in [0.2, 0.25) is 10.0 Å². The summed E-state index contributed by atoms with van der Waals surface area (Å²) in [6.07, 6.45) is 0.590. The van der Waals surface area contributed by atoms with Gasteiger partial charge in [-0.2, -0.15) is 0 Å². The summed E-state index contributed by atoms with van der Waals surface area (Å²) in [5, 5.41) is 1.14. The second kappa shape index (κ2) is 6.61. The van der Waals surface area contributed by atoms with Gasteiger partial charge in [0.15, 0.2) is 0 Å². The Morgan fingerprint density at radius 1 is 1.12 bits per heavy atom. The van der Waals surface area contributed by atoms with Crippen LogP contribution in [0.4, 0.5) is 4.39 Å². The summed E-state index contributed by atoms with van der Waals surface area (Å²) in [4.78, 5) is 0.114. The number of nitrogens with one attached hydrogen (secondary N) is 1. The van der Waals surface area contributed by atoms with E-state index in [4.69, 9.17) is 0 Å². The van der Waals surface area contributed by atoms with E-state index in [2.05, 4.69) is 21.4 Å². The molecule has 0 spiro atoms. The highest BCUT2D eigenvalue weighted by atomic mass is 32.2. The Hall–Kier alpha value is -2.18. The first-order chi connectivity index (χ1) is 11.8. The normalized spacial score (nSPS) is 12.0. The summed E-state index contributed by atoms with van der Waals surface area (Å²) in [5.41, 5.74) is 3.79. The van der Waals surface area contributed by atoms with Crippen molar-refractivity contribution in [1.29, 1.82) is 0 Å². The number of para-hydroxylation sites is 1. The molecule has 2 aromatic carbocycles. The number of nitrogens with zero attached hydrogens (tertiary/aromatic N) is 1. The fraction of sp³-hybridized carbons (Fsp3) is 0.263. The molecule has 0 bridgehead atoms. The molecular weight excluding hydrogens is 339 g/mol. The smallest absolute Gasteiger partial charge is 0.240 e. The van der Waals surface area contributed by atoms with E-state index in [-0.39, 0.29) is 11.4 Å². The minimum Gasteiger partial charge on any atom is -0.348 e. The van der Waals surface area contributed by atoms with E-state index in [0.717, 1.165) is 28.2 Å². The van der Waals surface area contributed by atoms with Crippen LogP contribution >= 0.6 is 0 Å². The van der Waals surface area contributed by atoms with Crippen molar-refractivity contribution in [3.8, 4) is 0 Å². The van der Waals surface area contributed by atoms with Crippen LogP contribution < -0.4 is 4.72 Å². The molecule has 25 heavy (non-hydrogen) atoms. The van der Waals surface area contributed by atoms with Crippen LogP contribution in [0.2, 0.25) is 0 Å². The van der Waals surface area contributed by atoms with Gasteiger partial charge in [-0.15, -0.1) is 0 Å². The number of rotatable bonds is 5. The molecule has 0 aliphatic rings. The van der Waals surface area contributed by atoms with E-state index in [1.54, 1.807) is 6.92 Å². The van der Waals surface area contributed by atoms with Gasteiger partial charge in [-0.1, -0.05) is 18.2 Å². The molecule has 0 fully saturated rings. The molecule has 6 heteroatoms. The lowest BCUT2D eigenvalue weighted by Gasteiger charge is -2.10. The Bertz CT molecular complexity index is 1040. The molecule has 132 valence electrons. The Morgan fingerprint density at radius 2 is 1.84 bits per heavy atom. The Labute approximate surface area is 147 Å². The van der Waals surface area contributed by atoms with Crippen molar-refractivity contribution in [2.45, 2.75) is 25.2 Å². The zero-order valence-corrected chi connectivity index (χ0v) is 15.3. The molecule has 0 aliphatic heterocycles. The lowest BCUT2D eigenvalue weighted by Crippen LogP contribution is -2.26. The van der Waals surface area contributed by atoms with Crippen LogP contribution in [0.25, 0.3) is 10.9 Å². The van der Waals surface area contributed by atoms with Crippen molar-refractivity contribution in [2.75, 3.05) is 6.54 Å². The van der Waals surface area contributed by atoms with Crippen LogP contribution in [0.1, 0.15) is 16.8 Å². The molecule has 0 atom stereocenters. The molecule has 1 aromatic heterocycles. The van der Waals surface area contributed by atoms with Gasteiger partial charge in [0.25, 0.3) is 0 Å². The quantitative estimate of drug-likeness (QED) is 0.758. The van der Waals surface area contributed by atoms with Crippen LogP contribution in [0.3, 0.4) is 0 Å². The molecule has 4 nitrogen and oxygen atoms in total. The Balaban J connectivity index is 1.80. The second-order valence-corrected chi connectivity index (χ2v) is 7.93. The predicted octanol–water partition coefficient (Wildman–Crippen LogP) is 3.46. The molecule has 0 unspecified atom stereocenters. The van der Waals surface area contributed by atoms with E-state index >= 15 is 0 Å². The summed E-state index contributed by atoms with van der Waals surface area (Å²) in [7, 11) is -1.65. The van der Waals surface area contributed by atoms with Crippen LogP contribution in [0.5, 0.6) is 0 Å². The highest BCUT2D eigenvalue weighted by molar-refractivity contribution is 7.89. The number of aryl methyl sites for hydroxylation is 2. The minimum absolute atomic E-state index is 0.114. The maximum absolute atomic E-state index is 13.2. The first-order valence-electron chi connectivity index (χ1n) is 8.10. The van der Waals surface area contributed by atoms with Gasteiger partial charge < -0.3 is 4.57 Å². The van der Waals surface area contributed by atoms with E-state index in [0.29, 0.717) is 12.0 Å². The van der Waals surface area contributed by atoms with Crippen LogP contribution in [-0.4, -0.2) is 19.5 Å². The molecule has 0 aliphatic carbocycles. The van der Waals surface area contributed by atoms with Crippen LogP contribution in [0.15, 0.2) is 47.4 Å². The third-order valence-corrected chi connectivity index (χ3v) is 6.25. The first kappa shape index (κ1) is 17.6. The minimum atomic E-state index is -3.66. The predicted molar refractivity (Wildman–Crippen MR) is 97.7 cm³/mol. The Kier molecular flexibility index (Phi) is 4.67. The third-order valence-electron chi connectivity index (χ3n) is 4.62. The molecule has 0 saturated heterocycles. The number of sulfonamides is 1. The zero-order valence-electron chi connectivity index (χ0n) is 14.5. The first-order valence-corrected chi connectivity index (χ1v) is 9.58. The molecule has 0 radical (unpaired) electrons. The summed E-state index contributed by atoms with van der Waals surface area (Å²) < 4.78 is 42.9. The third kappa shape index (κ3) is 3.32. The van der Waals surface area contributed by atoms with Gasteiger partial charge in [0.1, 0.15) is 5.82 Å². The lowest BCUT2D eigenvalue weighted by molar-refractivity contribution is 0.579. The second-order valence-electron chi connectivity index (χ2n) is 6.20. The van der Waals surface area contributed by atoms with Gasteiger partial charge in [0, 0.05) is 30.2 Å². The molecular formula is C19H21FN2O2S. The van der Waals surface area contributed by atoms with E-state index in [1.807, 2.05) is 26.1 Å². The number of fused-ring (bicyclic) bond motifs is 1. The van der Waals surface area contributed by atoms with E-state index < -0.39 is 15.8 Å². The number of hydrogen-bond donors (Lipinski definition) is 1. The number of hydrogen-bond acceptors (Lipinski definition) is 2. The average molecular weight is 360 g/mol. The number of aromatic nitrogens is 1. The monoisotopic (exact) mass is 360 g/mol. The van der Waals surface area contributed by atoms with Gasteiger partial charge in [0.05, 0.1) is 4.90 Å². The molecule has 3 rings (SSSR count). The topological polar surface area (TPSA) is 51.1 Å². The van der Waals surface area contributed by atoms with Crippen molar-refractivity contribution in [3.63, 3.8) is 0 Å². The van der Waals surface area contributed by atoms with Gasteiger partial charge in [-0.05, 0) is 55.7 Å². The molecule has 0 amide bonds. The summed E-state index contributed by atoms with van der Waals surface area (Å²) in [6, 6.07) is 11.8. The molecule has 1 N–H and O–H groups in total. The standard InChI is InChI=1S/C19H21FN2O2S/c1-13-12-15(20)8-9-19(13)25(23,24)21-11-10-16-14(2)22(3)18-7-5-4-6-17(16)18/h4-9,12,21H,10-11H2,1-3H3. The SMILES string of the molecule is Cc1cc(F)ccc1S(=O)(=O)NCCc1c(C)n(C)c2ccccc12. The largest absolute Gasteiger partial charge is 0.348 e. The fourth-order valence-corrected chi connectivity index (χ4v) is 4.47. The van der Waals surface area contributed by atoms with Crippen LogP contribution in [-0.2, 0) is 23.5 Å². The van der Waals surface area contributed by atoms with Crippen molar-refractivity contribution in [1.82, 2.24) is 9.29 Å². The number of benzene rings is 2. The highest BCUT2D eigenvalue weighted by Crippen LogP contribution is 2.25. The van der Waals surface area contributed by atoms with E-state index in [9.17, 15) is 12.8 Å². The van der Waals surface area contributed by atoms with Crippen molar-refractivity contribution >= 4 is 20.9 Å². The highest BCUT2D eigenvalue weighted by Gasteiger charge is 2.18. The van der Waals surface area contributed by atoms with Crippen molar-refractivity contribution in [2.24, 2.45) is 7.05 Å². The lowest BCUT2D eigenvalue weighted by atomic mass is 10.1. The van der Waals surface area contributed by atoms with Crippen molar-refractivity contribution in [3.05, 3.63) is 65.1 Å². The maximum Gasteiger partial charge on any atom is 0.240 e. The van der Waals surface area contributed by atoms with Crippen molar-refractivity contribution < 1.29 is 12.8 Å². The van der Waals surface area contributed by atoms with Gasteiger partial charge in [-0.25, -0.2) is 17.5 Å². The van der Waals surface area contributed by atoms with Gasteiger partial charge in [-0.3, -0.25) is 0 Å². The van der Waals surface area contributed by atoms with E-state index in [1.165, 1.54) is 12.1 Å². The molecule has 1 heterocycles. The number of halogens is 1. The average Bonchev–Trinajstić information content (AvgIpc) is 2.80.